The SMILES string of the molecule is CC(CCN)c1cc(C(C)(C)CC(C)(C)C)ccc1O. The third kappa shape index (κ3) is 4.52. The van der Waals surface area contributed by atoms with Crippen LogP contribution in [-0.2, 0) is 5.41 Å². The molecule has 20 heavy (non-hydrogen) atoms. The second-order valence-electron chi connectivity index (χ2n) is 7.87. The average Bonchev–Trinajstić information content (AvgIpc) is 2.26. The molecule has 1 aromatic carbocycles. The van der Waals surface area contributed by atoms with Crippen LogP contribution in [-0.4, -0.2) is 11.7 Å². The van der Waals surface area contributed by atoms with Crippen molar-refractivity contribution < 1.29 is 5.11 Å². The first kappa shape index (κ1) is 17.0. The Hall–Kier alpha value is -1.02. The standard InChI is InChI=1S/C18H31NO/c1-13(9-10-19)15-11-14(7-8-16(15)20)18(5,6)12-17(2,3)4/h7-8,11,13,20H,9-10,12,19H2,1-6H3. The van der Waals surface area contributed by atoms with E-state index in [0.29, 0.717) is 18.2 Å². The van der Waals surface area contributed by atoms with Gasteiger partial charge in [0, 0.05) is 0 Å². The second-order valence-corrected chi connectivity index (χ2v) is 7.87. The predicted molar refractivity (Wildman–Crippen MR) is 87.3 cm³/mol. The van der Waals surface area contributed by atoms with Gasteiger partial charge in [-0.2, -0.15) is 0 Å². The van der Waals surface area contributed by atoms with Crippen molar-refractivity contribution in [3.63, 3.8) is 0 Å². The van der Waals surface area contributed by atoms with Crippen LogP contribution in [0.1, 0.15) is 71.4 Å². The number of phenolic OH excluding ortho intramolecular Hbond substituents is 1. The Balaban J connectivity index is 3.11. The van der Waals surface area contributed by atoms with Gasteiger partial charge in [0.15, 0.2) is 0 Å². The quantitative estimate of drug-likeness (QED) is 0.829. The van der Waals surface area contributed by atoms with Crippen molar-refractivity contribution in [2.75, 3.05) is 6.54 Å². The van der Waals surface area contributed by atoms with E-state index in [1.807, 2.05) is 6.07 Å². The molecule has 0 amide bonds. The van der Waals surface area contributed by atoms with Crippen LogP contribution >= 0.6 is 0 Å². The van der Waals surface area contributed by atoms with Gasteiger partial charge in [0.1, 0.15) is 5.75 Å². The summed E-state index contributed by atoms with van der Waals surface area (Å²) < 4.78 is 0. The maximum Gasteiger partial charge on any atom is 0.119 e. The number of aromatic hydroxyl groups is 1. The Morgan fingerprint density at radius 1 is 1.15 bits per heavy atom. The van der Waals surface area contributed by atoms with Gasteiger partial charge >= 0.3 is 0 Å². The second kappa shape index (κ2) is 6.17. The van der Waals surface area contributed by atoms with Gasteiger partial charge in [-0.05, 0) is 53.3 Å². The minimum absolute atomic E-state index is 0.100. The molecule has 0 heterocycles. The molecule has 0 radical (unpaired) electrons. The van der Waals surface area contributed by atoms with Crippen molar-refractivity contribution in [1.29, 1.82) is 0 Å². The number of phenols is 1. The molecule has 0 fully saturated rings. The molecule has 0 bridgehead atoms. The normalized spacial score (nSPS) is 14.3. The van der Waals surface area contributed by atoms with Crippen LogP contribution in [0.3, 0.4) is 0 Å². The fraction of sp³-hybridized carbons (Fsp3) is 0.667. The molecule has 0 aliphatic heterocycles. The van der Waals surface area contributed by atoms with E-state index < -0.39 is 0 Å². The molecule has 3 N–H and O–H groups in total. The van der Waals surface area contributed by atoms with Crippen LogP contribution in [0.5, 0.6) is 5.75 Å². The van der Waals surface area contributed by atoms with Gasteiger partial charge in [-0.15, -0.1) is 0 Å². The van der Waals surface area contributed by atoms with Crippen molar-refractivity contribution in [3.05, 3.63) is 29.3 Å². The summed E-state index contributed by atoms with van der Waals surface area (Å²) >= 11 is 0. The van der Waals surface area contributed by atoms with Crippen LogP contribution < -0.4 is 5.73 Å². The maximum atomic E-state index is 10.1. The van der Waals surface area contributed by atoms with Gasteiger partial charge in [0.05, 0.1) is 0 Å². The molecule has 114 valence electrons. The molecule has 1 unspecified atom stereocenters. The third-order valence-electron chi connectivity index (χ3n) is 3.91. The summed E-state index contributed by atoms with van der Waals surface area (Å²) in [7, 11) is 0. The van der Waals surface area contributed by atoms with E-state index >= 15 is 0 Å². The summed E-state index contributed by atoms with van der Waals surface area (Å²) in [5, 5.41) is 10.1. The predicted octanol–water partition coefficient (Wildman–Crippen LogP) is 4.56. The van der Waals surface area contributed by atoms with Gasteiger partial charge in [0.25, 0.3) is 0 Å². The van der Waals surface area contributed by atoms with Crippen LogP contribution in [0.15, 0.2) is 18.2 Å². The Labute approximate surface area is 124 Å². The molecule has 2 heteroatoms. The molecule has 1 rings (SSSR count). The molecular weight excluding hydrogens is 246 g/mol. The van der Waals surface area contributed by atoms with E-state index in [4.69, 9.17) is 5.73 Å². The lowest BCUT2D eigenvalue weighted by molar-refractivity contribution is 0.284. The number of hydrogen-bond donors (Lipinski definition) is 2. The van der Waals surface area contributed by atoms with Crippen LogP contribution in [0.2, 0.25) is 0 Å². The summed E-state index contributed by atoms with van der Waals surface area (Å²) in [6, 6.07) is 6.06. The lowest BCUT2D eigenvalue weighted by atomic mass is 9.71. The summed E-state index contributed by atoms with van der Waals surface area (Å²) in [5.41, 5.74) is 8.34. The Kier molecular flexibility index (Phi) is 5.26. The van der Waals surface area contributed by atoms with Gasteiger partial charge in [-0.25, -0.2) is 0 Å². The van der Waals surface area contributed by atoms with Crippen LogP contribution in [0.25, 0.3) is 0 Å². The van der Waals surface area contributed by atoms with E-state index in [1.54, 1.807) is 0 Å². The minimum Gasteiger partial charge on any atom is -0.508 e. The van der Waals surface area contributed by atoms with Gasteiger partial charge in [-0.1, -0.05) is 53.7 Å². The van der Waals surface area contributed by atoms with Gasteiger partial charge in [0.2, 0.25) is 0 Å². The van der Waals surface area contributed by atoms with Crippen molar-refractivity contribution in [3.8, 4) is 5.75 Å². The first-order valence-corrected chi connectivity index (χ1v) is 7.60. The molecule has 0 saturated heterocycles. The molecule has 0 spiro atoms. The molecule has 0 aromatic heterocycles. The van der Waals surface area contributed by atoms with Crippen molar-refractivity contribution in [2.45, 2.75) is 65.7 Å². The first-order valence-electron chi connectivity index (χ1n) is 7.60. The molecular formula is C18H31NO. The highest BCUT2D eigenvalue weighted by atomic mass is 16.3. The van der Waals surface area contributed by atoms with Crippen molar-refractivity contribution >= 4 is 0 Å². The zero-order valence-electron chi connectivity index (χ0n) is 14.0. The zero-order chi connectivity index (χ0) is 15.6. The highest BCUT2D eigenvalue weighted by Crippen LogP contribution is 2.39. The zero-order valence-corrected chi connectivity index (χ0v) is 14.0. The number of hydrogen-bond acceptors (Lipinski definition) is 2. The highest BCUT2D eigenvalue weighted by Gasteiger charge is 2.28. The highest BCUT2D eigenvalue weighted by molar-refractivity contribution is 5.41. The lowest BCUT2D eigenvalue weighted by Crippen LogP contribution is -2.25. The molecule has 1 aromatic rings. The maximum absolute atomic E-state index is 10.1. The Morgan fingerprint density at radius 3 is 2.25 bits per heavy atom. The Morgan fingerprint density at radius 2 is 1.75 bits per heavy atom. The third-order valence-corrected chi connectivity index (χ3v) is 3.91. The summed E-state index contributed by atoms with van der Waals surface area (Å²) in [6.07, 6.45) is 2.01. The average molecular weight is 277 g/mol. The fourth-order valence-corrected chi connectivity index (χ4v) is 3.20. The Bertz CT molecular complexity index is 443. The molecule has 0 aliphatic rings. The first-order chi connectivity index (χ1) is 9.07. The lowest BCUT2D eigenvalue weighted by Gasteiger charge is -2.33. The topological polar surface area (TPSA) is 46.2 Å². The smallest absolute Gasteiger partial charge is 0.119 e. The molecule has 2 nitrogen and oxygen atoms in total. The fourth-order valence-electron chi connectivity index (χ4n) is 3.20. The van der Waals surface area contributed by atoms with E-state index in [-0.39, 0.29) is 10.8 Å². The molecule has 0 saturated carbocycles. The van der Waals surface area contributed by atoms with Gasteiger partial charge in [-0.3, -0.25) is 0 Å². The molecule has 0 aliphatic carbocycles. The summed E-state index contributed by atoms with van der Waals surface area (Å²) in [6.45, 7) is 14.1. The number of benzene rings is 1. The number of nitrogens with two attached hydrogens (primary N) is 1. The number of rotatable bonds is 5. The van der Waals surface area contributed by atoms with E-state index in [0.717, 1.165) is 18.4 Å². The molecule has 1 atom stereocenters. The van der Waals surface area contributed by atoms with E-state index in [2.05, 4.69) is 53.7 Å². The van der Waals surface area contributed by atoms with Crippen LogP contribution in [0, 0.1) is 5.41 Å². The van der Waals surface area contributed by atoms with Crippen LogP contribution in [0.4, 0.5) is 0 Å². The largest absolute Gasteiger partial charge is 0.508 e. The van der Waals surface area contributed by atoms with Crippen molar-refractivity contribution in [2.24, 2.45) is 11.1 Å². The van der Waals surface area contributed by atoms with Crippen molar-refractivity contribution in [1.82, 2.24) is 0 Å². The minimum atomic E-state index is 0.100. The monoisotopic (exact) mass is 277 g/mol. The summed E-state index contributed by atoms with van der Waals surface area (Å²) in [5.74, 6) is 0.687. The van der Waals surface area contributed by atoms with Gasteiger partial charge < -0.3 is 10.8 Å². The van der Waals surface area contributed by atoms with E-state index in [9.17, 15) is 5.11 Å². The summed E-state index contributed by atoms with van der Waals surface area (Å²) in [4.78, 5) is 0. The van der Waals surface area contributed by atoms with E-state index in [1.165, 1.54) is 5.56 Å².